The van der Waals surface area contributed by atoms with Gasteiger partial charge in [-0.1, -0.05) is 0 Å². The van der Waals surface area contributed by atoms with Crippen molar-refractivity contribution in [2.24, 2.45) is 0 Å². The van der Waals surface area contributed by atoms with Crippen molar-refractivity contribution in [3.05, 3.63) is 16.1 Å². The molecule has 1 amide bonds. The average molecular weight is 296 g/mol. The quantitative estimate of drug-likeness (QED) is 0.513. The van der Waals surface area contributed by atoms with Gasteiger partial charge in [0.25, 0.3) is 0 Å². The van der Waals surface area contributed by atoms with E-state index in [4.69, 9.17) is 0 Å². The van der Waals surface area contributed by atoms with Crippen molar-refractivity contribution in [3.63, 3.8) is 0 Å². The molecule has 0 atom stereocenters. The first-order chi connectivity index (χ1) is 5.76. The van der Waals surface area contributed by atoms with E-state index in [2.05, 4.69) is 8.51 Å². The highest BCUT2D eigenvalue weighted by Crippen LogP contribution is 2.08. The second-order valence-corrected chi connectivity index (χ2v) is 3.46. The molecule has 64 valence electrons. The number of nitrogens with one attached hydrogen (secondary N) is 1. The Hall–Kier alpha value is -0.500. The molecule has 12 heavy (non-hydrogen) atoms. The molecule has 0 fully saturated rings. The molecule has 0 radical (unpaired) electrons. The Morgan fingerprint density at radius 1 is 1.83 bits per heavy atom. The van der Waals surface area contributed by atoms with E-state index in [1.54, 1.807) is 28.2 Å². The molecular formula is C6H5IN2O2S. The van der Waals surface area contributed by atoms with Crippen LogP contribution in [0.1, 0.15) is 15.5 Å². The summed E-state index contributed by atoms with van der Waals surface area (Å²) in [6.45, 7) is 0. The Balaban J connectivity index is 2.63. The van der Waals surface area contributed by atoms with E-state index in [0.717, 1.165) is 0 Å². The van der Waals surface area contributed by atoms with E-state index in [1.165, 1.54) is 11.3 Å². The topological polar surface area (TPSA) is 59.1 Å². The molecule has 0 aliphatic carbocycles. The first-order valence-corrected chi connectivity index (χ1v) is 5.01. The van der Waals surface area contributed by atoms with Gasteiger partial charge in [-0.2, -0.15) is 0 Å². The van der Waals surface area contributed by atoms with Crippen LogP contribution in [0.15, 0.2) is 5.38 Å². The predicted octanol–water partition coefficient (Wildman–Crippen LogP) is 0.964. The van der Waals surface area contributed by atoms with Crippen molar-refractivity contribution in [1.82, 2.24) is 8.51 Å². The fourth-order valence-corrected chi connectivity index (χ4v) is 1.56. The summed E-state index contributed by atoms with van der Waals surface area (Å²) in [5, 5.41) is 2.29. The van der Waals surface area contributed by atoms with Crippen molar-refractivity contribution in [1.29, 1.82) is 0 Å². The number of rotatable bonds is 3. The second-order valence-electron chi connectivity index (χ2n) is 1.98. The molecule has 0 aliphatic heterocycles. The lowest BCUT2D eigenvalue weighted by atomic mass is 10.4. The number of hydrogen-bond donors (Lipinski definition) is 1. The Bertz CT molecular complexity index is 299. The summed E-state index contributed by atoms with van der Waals surface area (Å²) in [4.78, 5) is 25.0. The van der Waals surface area contributed by atoms with Crippen LogP contribution in [0, 0.1) is 0 Å². The van der Waals surface area contributed by atoms with Crippen LogP contribution in [0.3, 0.4) is 0 Å². The normalized spacial score (nSPS) is 9.42. The Morgan fingerprint density at radius 3 is 3.08 bits per heavy atom. The highest BCUT2D eigenvalue weighted by atomic mass is 127. The number of amides is 1. The first kappa shape index (κ1) is 9.59. The molecule has 0 aliphatic rings. The molecule has 1 rings (SSSR count). The minimum absolute atomic E-state index is 0.109. The van der Waals surface area contributed by atoms with Gasteiger partial charge in [-0.15, -0.1) is 11.3 Å². The molecule has 0 saturated carbocycles. The standard InChI is InChI=1S/C6H5IN2O2S/c7-9-5(11)1-6-8-4(2-10)3-12-6/h2-3H,1H2,(H,9,11). The van der Waals surface area contributed by atoms with Gasteiger partial charge in [0, 0.05) is 5.38 Å². The summed E-state index contributed by atoms with van der Waals surface area (Å²) in [5.41, 5.74) is 0.385. The van der Waals surface area contributed by atoms with Crippen molar-refractivity contribution < 1.29 is 9.59 Å². The molecular weight excluding hydrogens is 291 g/mol. The zero-order chi connectivity index (χ0) is 8.97. The van der Waals surface area contributed by atoms with Gasteiger partial charge < -0.3 is 0 Å². The summed E-state index contributed by atoms with van der Waals surface area (Å²) in [7, 11) is 0. The van der Waals surface area contributed by atoms with Crippen LogP contribution in [0.25, 0.3) is 0 Å². The zero-order valence-electron chi connectivity index (χ0n) is 5.91. The molecule has 1 N–H and O–H groups in total. The molecule has 6 heteroatoms. The van der Waals surface area contributed by atoms with Crippen LogP contribution < -0.4 is 3.53 Å². The maximum absolute atomic E-state index is 10.8. The summed E-state index contributed by atoms with van der Waals surface area (Å²) in [5.74, 6) is -0.109. The van der Waals surface area contributed by atoms with Gasteiger partial charge in [0.2, 0.25) is 5.91 Å². The lowest BCUT2D eigenvalue weighted by Crippen LogP contribution is -2.14. The molecule has 4 nitrogen and oxygen atoms in total. The number of halogens is 1. The molecule has 0 saturated heterocycles. The fraction of sp³-hybridized carbons (Fsp3) is 0.167. The van der Waals surface area contributed by atoms with Crippen LogP contribution in [0.5, 0.6) is 0 Å². The van der Waals surface area contributed by atoms with Crippen molar-refractivity contribution in [2.45, 2.75) is 6.42 Å². The second kappa shape index (κ2) is 4.51. The van der Waals surface area contributed by atoms with Crippen LogP contribution >= 0.6 is 34.2 Å². The third kappa shape index (κ3) is 2.52. The zero-order valence-corrected chi connectivity index (χ0v) is 8.89. The van der Waals surface area contributed by atoms with E-state index in [9.17, 15) is 9.59 Å². The number of carbonyl (C=O) groups is 2. The highest BCUT2D eigenvalue weighted by molar-refractivity contribution is 14.1. The molecule has 0 unspecified atom stereocenters. The summed E-state index contributed by atoms with van der Waals surface area (Å²) >= 11 is 3.08. The summed E-state index contributed by atoms with van der Waals surface area (Å²) < 4.78 is 2.45. The number of aldehydes is 1. The average Bonchev–Trinajstić information content (AvgIpc) is 2.52. The molecule has 1 aromatic heterocycles. The maximum Gasteiger partial charge on any atom is 0.235 e. The van der Waals surface area contributed by atoms with E-state index < -0.39 is 0 Å². The number of aromatic nitrogens is 1. The lowest BCUT2D eigenvalue weighted by Gasteiger charge is -1.91. The van der Waals surface area contributed by atoms with Crippen molar-refractivity contribution in [3.8, 4) is 0 Å². The molecule has 0 spiro atoms. The van der Waals surface area contributed by atoms with Gasteiger partial charge in [-0.3, -0.25) is 13.1 Å². The van der Waals surface area contributed by atoms with Crippen LogP contribution in [0.4, 0.5) is 0 Å². The van der Waals surface area contributed by atoms with Gasteiger partial charge in [0.15, 0.2) is 6.29 Å². The van der Waals surface area contributed by atoms with Gasteiger partial charge in [-0.05, 0) is 0 Å². The third-order valence-corrected chi connectivity index (χ3v) is 2.58. The minimum Gasteiger partial charge on any atom is -0.298 e. The molecule has 0 bridgehead atoms. The Morgan fingerprint density at radius 2 is 2.58 bits per heavy atom. The SMILES string of the molecule is O=Cc1csc(CC(=O)NI)n1. The highest BCUT2D eigenvalue weighted by Gasteiger charge is 2.05. The van der Waals surface area contributed by atoms with Crippen LogP contribution in [-0.2, 0) is 11.2 Å². The number of nitrogens with zero attached hydrogens (tertiary/aromatic N) is 1. The van der Waals surface area contributed by atoms with Gasteiger partial charge in [0.05, 0.1) is 29.3 Å². The number of hydrogen-bond acceptors (Lipinski definition) is 4. The van der Waals surface area contributed by atoms with E-state index in [0.29, 0.717) is 17.0 Å². The Kier molecular flexibility index (Phi) is 3.60. The van der Waals surface area contributed by atoms with E-state index >= 15 is 0 Å². The van der Waals surface area contributed by atoms with Crippen LogP contribution in [0.2, 0.25) is 0 Å². The van der Waals surface area contributed by atoms with E-state index in [1.807, 2.05) is 0 Å². The number of thiazole rings is 1. The molecule has 0 aromatic carbocycles. The third-order valence-electron chi connectivity index (χ3n) is 1.11. The van der Waals surface area contributed by atoms with Crippen molar-refractivity contribution >= 4 is 46.4 Å². The fourth-order valence-electron chi connectivity index (χ4n) is 0.631. The largest absolute Gasteiger partial charge is 0.298 e. The Labute approximate surface area is 86.9 Å². The number of carbonyl (C=O) groups excluding carboxylic acids is 2. The maximum atomic E-state index is 10.8. The first-order valence-electron chi connectivity index (χ1n) is 3.05. The molecule has 1 heterocycles. The summed E-state index contributed by atoms with van der Waals surface area (Å²) in [6, 6.07) is 0. The van der Waals surface area contributed by atoms with E-state index in [-0.39, 0.29) is 12.3 Å². The lowest BCUT2D eigenvalue weighted by molar-refractivity contribution is -0.118. The van der Waals surface area contributed by atoms with Gasteiger partial charge in [-0.25, -0.2) is 4.98 Å². The molecule has 1 aromatic rings. The van der Waals surface area contributed by atoms with Crippen LogP contribution in [-0.4, -0.2) is 17.2 Å². The predicted molar refractivity (Wildman–Crippen MR) is 53.4 cm³/mol. The smallest absolute Gasteiger partial charge is 0.235 e. The van der Waals surface area contributed by atoms with Crippen molar-refractivity contribution in [2.75, 3.05) is 0 Å². The van der Waals surface area contributed by atoms with Gasteiger partial charge >= 0.3 is 0 Å². The minimum atomic E-state index is -0.109. The van der Waals surface area contributed by atoms with Gasteiger partial charge in [0.1, 0.15) is 10.7 Å². The monoisotopic (exact) mass is 296 g/mol. The summed E-state index contributed by atoms with van der Waals surface area (Å²) in [6.07, 6.45) is 0.906.